The normalized spacial score (nSPS) is 10.3. The van der Waals surface area contributed by atoms with Gasteiger partial charge in [-0.15, -0.1) is 5.10 Å². The Balaban J connectivity index is 2.04. The average molecular weight is 250 g/mol. The first kappa shape index (κ1) is 11.3. The summed E-state index contributed by atoms with van der Waals surface area (Å²) in [5, 5.41) is 7.78. The van der Waals surface area contributed by atoms with Gasteiger partial charge in [-0.2, -0.15) is 0 Å². The van der Waals surface area contributed by atoms with Gasteiger partial charge in [0.2, 0.25) is 5.78 Å². The van der Waals surface area contributed by atoms with Gasteiger partial charge in [-0.05, 0) is 24.3 Å². The van der Waals surface area contributed by atoms with Crippen LogP contribution in [0, 0.1) is 0 Å². The molecular formula is C14H10N4O. The van der Waals surface area contributed by atoms with E-state index in [0.717, 1.165) is 5.69 Å². The molecule has 0 amide bonds. The summed E-state index contributed by atoms with van der Waals surface area (Å²) in [6.07, 6.45) is 4.62. The molecule has 0 bridgehead atoms. The van der Waals surface area contributed by atoms with Crippen molar-refractivity contribution in [3.8, 4) is 5.69 Å². The van der Waals surface area contributed by atoms with Crippen LogP contribution in [-0.4, -0.2) is 25.8 Å². The molecule has 1 aromatic carbocycles. The van der Waals surface area contributed by atoms with E-state index in [-0.39, 0.29) is 5.78 Å². The second-order valence-corrected chi connectivity index (χ2v) is 3.94. The van der Waals surface area contributed by atoms with E-state index < -0.39 is 0 Å². The van der Waals surface area contributed by atoms with Crippen molar-refractivity contribution in [2.75, 3.05) is 0 Å². The fourth-order valence-electron chi connectivity index (χ4n) is 1.79. The smallest absolute Gasteiger partial charge is 0.214 e. The van der Waals surface area contributed by atoms with E-state index in [0.29, 0.717) is 11.3 Å². The minimum Gasteiger partial charge on any atom is -0.287 e. The van der Waals surface area contributed by atoms with E-state index in [2.05, 4.69) is 15.3 Å². The maximum atomic E-state index is 12.4. The number of aromatic nitrogens is 4. The zero-order valence-electron chi connectivity index (χ0n) is 9.97. The van der Waals surface area contributed by atoms with Gasteiger partial charge in [0.1, 0.15) is 5.69 Å². The van der Waals surface area contributed by atoms with Crippen LogP contribution in [0.4, 0.5) is 0 Å². The van der Waals surface area contributed by atoms with Crippen LogP contribution in [0.25, 0.3) is 5.69 Å². The van der Waals surface area contributed by atoms with Crippen LogP contribution in [0.5, 0.6) is 0 Å². The molecule has 5 heteroatoms. The minimum absolute atomic E-state index is 0.151. The van der Waals surface area contributed by atoms with Crippen molar-refractivity contribution in [3.05, 3.63) is 72.3 Å². The Hall–Kier alpha value is -2.82. The predicted molar refractivity (Wildman–Crippen MR) is 69.0 cm³/mol. The fraction of sp³-hybridized carbons (Fsp3) is 0. The van der Waals surface area contributed by atoms with E-state index >= 15 is 0 Å². The molecule has 0 fully saturated rings. The molecule has 0 saturated carbocycles. The van der Waals surface area contributed by atoms with Gasteiger partial charge in [0.05, 0.1) is 11.9 Å². The van der Waals surface area contributed by atoms with Crippen molar-refractivity contribution in [1.29, 1.82) is 0 Å². The molecule has 19 heavy (non-hydrogen) atoms. The van der Waals surface area contributed by atoms with Crippen LogP contribution in [0.1, 0.15) is 16.1 Å². The Labute approximate surface area is 109 Å². The van der Waals surface area contributed by atoms with Crippen LogP contribution < -0.4 is 0 Å². The number of benzene rings is 1. The van der Waals surface area contributed by atoms with Crippen LogP contribution in [0.2, 0.25) is 0 Å². The first-order valence-electron chi connectivity index (χ1n) is 5.77. The number of hydrogen-bond donors (Lipinski definition) is 0. The van der Waals surface area contributed by atoms with Gasteiger partial charge in [-0.3, -0.25) is 9.78 Å². The maximum Gasteiger partial charge on any atom is 0.214 e. The Morgan fingerprint density at radius 3 is 2.58 bits per heavy atom. The van der Waals surface area contributed by atoms with Crippen molar-refractivity contribution in [2.45, 2.75) is 0 Å². The lowest BCUT2D eigenvalue weighted by molar-refractivity contribution is 0.103. The molecule has 2 heterocycles. The molecule has 0 aliphatic carbocycles. The number of carbonyl (C=O) groups is 1. The highest BCUT2D eigenvalue weighted by atomic mass is 16.1. The van der Waals surface area contributed by atoms with Crippen LogP contribution >= 0.6 is 0 Å². The third-order valence-electron chi connectivity index (χ3n) is 2.71. The molecular weight excluding hydrogens is 240 g/mol. The molecule has 0 N–H and O–H groups in total. The average Bonchev–Trinajstić information content (AvgIpc) is 2.98. The standard InChI is InChI=1S/C14H10N4O/c19-14(11-5-4-8-15-9-11)13-10-16-17-18(13)12-6-2-1-3-7-12/h1-10H. The quantitative estimate of drug-likeness (QED) is 0.666. The van der Waals surface area contributed by atoms with E-state index in [9.17, 15) is 4.79 Å². The number of rotatable bonds is 3. The minimum atomic E-state index is -0.151. The molecule has 0 atom stereocenters. The van der Waals surface area contributed by atoms with Gasteiger partial charge >= 0.3 is 0 Å². The topological polar surface area (TPSA) is 60.7 Å². The summed E-state index contributed by atoms with van der Waals surface area (Å²) < 4.78 is 1.52. The first-order chi connectivity index (χ1) is 9.36. The Bertz CT molecular complexity index is 692. The van der Waals surface area contributed by atoms with E-state index in [1.165, 1.54) is 17.1 Å². The Morgan fingerprint density at radius 1 is 1.00 bits per heavy atom. The van der Waals surface area contributed by atoms with Crippen LogP contribution in [0.15, 0.2) is 61.1 Å². The lowest BCUT2D eigenvalue weighted by Gasteiger charge is -2.04. The summed E-state index contributed by atoms with van der Waals surface area (Å²) in [6, 6.07) is 12.9. The zero-order chi connectivity index (χ0) is 13.1. The van der Waals surface area contributed by atoms with Crippen molar-refractivity contribution in [3.63, 3.8) is 0 Å². The molecule has 0 saturated heterocycles. The maximum absolute atomic E-state index is 12.4. The number of ketones is 1. The Kier molecular flexibility index (Phi) is 2.86. The lowest BCUT2D eigenvalue weighted by Crippen LogP contribution is -2.10. The van der Waals surface area contributed by atoms with Gasteiger partial charge in [0, 0.05) is 18.0 Å². The largest absolute Gasteiger partial charge is 0.287 e. The second-order valence-electron chi connectivity index (χ2n) is 3.94. The highest BCUT2D eigenvalue weighted by Gasteiger charge is 2.16. The number of hydrogen-bond acceptors (Lipinski definition) is 4. The van der Waals surface area contributed by atoms with Crippen molar-refractivity contribution >= 4 is 5.78 Å². The molecule has 0 spiro atoms. The van der Waals surface area contributed by atoms with Gasteiger partial charge in [-0.1, -0.05) is 23.4 Å². The molecule has 0 unspecified atom stereocenters. The first-order valence-corrected chi connectivity index (χ1v) is 5.77. The summed E-state index contributed by atoms with van der Waals surface area (Å²) in [6.45, 7) is 0. The van der Waals surface area contributed by atoms with E-state index in [1.54, 1.807) is 18.3 Å². The van der Waals surface area contributed by atoms with Gasteiger partial charge in [-0.25, -0.2) is 4.68 Å². The molecule has 5 nitrogen and oxygen atoms in total. The highest BCUT2D eigenvalue weighted by molar-refractivity contribution is 6.07. The number of pyridine rings is 1. The summed E-state index contributed by atoms with van der Waals surface area (Å²) in [7, 11) is 0. The lowest BCUT2D eigenvalue weighted by atomic mass is 10.1. The zero-order valence-corrected chi connectivity index (χ0v) is 9.97. The monoisotopic (exact) mass is 250 g/mol. The molecule has 2 aromatic heterocycles. The van der Waals surface area contributed by atoms with Crippen molar-refractivity contribution < 1.29 is 4.79 Å². The molecule has 92 valence electrons. The SMILES string of the molecule is O=C(c1cccnc1)c1cnnn1-c1ccccc1. The third-order valence-corrected chi connectivity index (χ3v) is 2.71. The predicted octanol–water partition coefficient (Wildman–Crippen LogP) is 1.89. The summed E-state index contributed by atoms with van der Waals surface area (Å²) in [5.41, 5.74) is 1.73. The molecule has 0 aliphatic rings. The van der Waals surface area contributed by atoms with Gasteiger partial charge in [0.15, 0.2) is 0 Å². The van der Waals surface area contributed by atoms with Gasteiger partial charge < -0.3 is 0 Å². The molecule has 0 radical (unpaired) electrons. The van der Waals surface area contributed by atoms with E-state index in [1.807, 2.05) is 30.3 Å². The molecule has 3 aromatic rings. The van der Waals surface area contributed by atoms with Crippen molar-refractivity contribution in [2.24, 2.45) is 0 Å². The number of para-hydroxylation sites is 1. The summed E-state index contributed by atoms with van der Waals surface area (Å²) in [5.74, 6) is -0.151. The fourth-order valence-corrected chi connectivity index (χ4v) is 1.79. The van der Waals surface area contributed by atoms with Crippen LogP contribution in [0.3, 0.4) is 0 Å². The second kappa shape index (κ2) is 4.81. The summed E-state index contributed by atoms with van der Waals surface area (Å²) in [4.78, 5) is 16.3. The van der Waals surface area contributed by atoms with Gasteiger partial charge in [0.25, 0.3) is 0 Å². The van der Waals surface area contributed by atoms with E-state index in [4.69, 9.17) is 0 Å². The molecule has 3 rings (SSSR count). The Morgan fingerprint density at radius 2 is 1.84 bits per heavy atom. The van der Waals surface area contributed by atoms with Crippen LogP contribution in [-0.2, 0) is 0 Å². The molecule has 0 aliphatic heterocycles. The number of nitrogens with zero attached hydrogens (tertiary/aromatic N) is 4. The highest BCUT2D eigenvalue weighted by Crippen LogP contribution is 2.12. The van der Waals surface area contributed by atoms with Crippen molar-refractivity contribution in [1.82, 2.24) is 20.0 Å². The third kappa shape index (κ3) is 2.13. The number of carbonyl (C=O) groups excluding carboxylic acids is 1. The summed E-state index contributed by atoms with van der Waals surface area (Å²) >= 11 is 0.